The summed E-state index contributed by atoms with van der Waals surface area (Å²) in [4.78, 5) is 0. The Labute approximate surface area is 68.9 Å². The highest BCUT2D eigenvalue weighted by atomic mass is 32.2. The highest BCUT2D eigenvalue weighted by Gasteiger charge is 2.36. The fraction of sp³-hybridized carbons (Fsp3) is 1.00. The van der Waals surface area contributed by atoms with Gasteiger partial charge in [0.1, 0.15) is 6.10 Å². The Hall–Kier alpha value is 0.190. The molecule has 1 heterocycles. The van der Waals surface area contributed by atoms with Crippen molar-refractivity contribution >= 4 is 11.8 Å². The van der Waals surface area contributed by atoms with Crippen molar-refractivity contribution in [1.29, 1.82) is 0 Å². The van der Waals surface area contributed by atoms with Crippen molar-refractivity contribution in [3.63, 3.8) is 0 Å². The molecule has 4 N–H and O–H groups in total. The number of aliphatic hydroxyl groups excluding tert-OH is 4. The molecular formula is C6H12O4S. The molecule has 0 aromatic heterocycles. The van der Waals surface area contributed by atoms with Gasteiger partial charge in [0.2, 0.25) is 0 Å². The van der Waals surface area contributed by atoms with Gasteiger partial charge in [-0.05, 0) is 0 Å². The number of rotatable bonds is 1. The Kier molecular flexibility index (Phi) is 3.15. The number of hydrogen-bond donors (Lipinski definition) is 4. The minimum atomic E-state index is -1.12. The van der Waals surface area contributed by atoms with Crippen molar-refractivity contribution in [2.24, 2.45) is 0 Å². The van der Waals surface area contributed by atoms with E-state index in [2.05, 4.69) is 0 Å². The predicted octanol–water partition coefficient (Wildman–Crippen LogP) is -1.82. The predicted molar refractivity (Wildman–Crippen MR) is 41.4 cm³/mol. The summed E-state index contributed by atoms with van der Waals surface area (Å²) in [5.41, 5.74) is 0. The number of aliphatic hydroxyl groups is 4. The summed E-state index contributed by atoms with van der Waals surface area (Å²) >= 11 is 1.27. The van der Waals surface area contributed by atoms with E-state index in [4.69, 9.17) is 15.3 Å². The molecule has 66 valence electrons. The molecule has 0 amide bonds. The molecular weight excluding hydrogens is 168 g/mol. The number of hydrogen-bond acceptors (Lipinski definition) is 5. The fourth-order valence-corrected chi connectivity index (χ4v) is 2.13. The van der Waals surface area contributed by atoms with Crippen molar-refractivity contribution in [3.05, 3.63) is 0 Å². The van der Waals surface area contributed by atoms with Crippen LogP contribution < -0.4 is 0 Å². The van der Waals surface area contributed by atoms with Crippen LogP contribution in [0.3, 0.4) is 0 Å². The minimum absolute atomic E-state index is 0.171. The lowest BCUT2D eigenvalue weighted by Gasteiger charge is -2.33. The molecule has 0 aliphatic carbocycles. The van der Waals surface area contributed by atoms with Crippen LogP contribution in [0.15, 0.2) is 0 Å². The van der Waals surface area contributed by atoms with Gasteiger partial charge < -0.3 is 20.4 Å². The second-order valence-corrected chi connectivity index (χ2v) is 3.88. The van der Waals surface area contributed by atoms with Crippen molar-refractivity contribution in [2.75, 3.05) is 12.4 Å². The van der Waals surface area contributed by atoms with Gasteiger partial charge >= 0.3 is 0 Å². The summed E-state index contributed by atoms with van der Waals surface area (Å²) in [5, 5.41) is 35.7. The van der Waals surface area contributed by atoms with E-state index in [0.717, 1.165) is 0 Å². The van der Waals surface area contributed by atoms with E-state index < -0.39 is 18.3 Å². The summed E-state index contributed by atoms with van der Waals surface area (Å²) in [7, 11) is 0. The maximum atomic E-state index is 9.22. The van der Waals surface area contributed by atoms with Crippen molar-refractivity contribution in [1.82, 2.24) is 0 Å². The van der Waals surface area contributed by atoms with E-state index in [9.17, 15) is 5.11 Å². The molecule has 4 atom stereocenters. The van der Waals surface area contributed by atoms with E-state index in [0.29, 0.717) is 5.75 Å². The average molecular weight is 180 g/mol. The lowest BCUT2D eigenvalue weighted by atomic mass is 10.1. The fourth-order valence-electron chi connectivity index (χ4n) is 1.03. The van der Waals surface area contributed by atoms with Crippen LogP contribution in [0.5, 0.6) is 0 Å². The SMILES string of the molecule is OC[C@@H]1SC[C@H](O)[C@@H](O)[C@@H]1O. The highest BCUT2D eigenvalue weighted by molar-refractivity contribution is 8.00. The lowest BCUT2D eigenvalue weighted by Crippen LogP contribution is -2.49. The molecule has 0 spiro atoms. The first-order chi connectivity index (χ1) is 5.16. The summed E-state index contributed by atoms with van der Waals surface area (Å²) in [5.74, 6) is 0.365. The van der Waals surface area contributed by atoms with Gasteiger partial charge in [-0.25, -0.2) is 0 Å². The standard InChI is InChI=1S/C6H12O4S/c7-1-4-6(10)5(9)3(8)2-11-4/h3-10H,1-2H2/t3-,4-,5+,6+/m0/s1. The third-order valence-electron chi connectivity index (χ3n) is 1.79. The molecule has 0 radical (unpaired) electrons. The summed E-state index contributed by atoms with van der Waals surface area (Å²) in [6.45, 7) is -0.171. The van der Waals surface area contributed by atoms with Crippen LogP contribution in [0.2, 0.25) is 0 Å². The van der Waals surface area contributed by atoms with Crippen LogP contribution in [-0.2, 0) is 0 Å². The third kappa shape index (κ3) is 1.86. The van der Waals surface area contributed by atoms with Crippen molar-refractivity contribution in [3.8, 4) is 0 Å². The third-order valence-corrected chi connectivity index (χ3v) is 3.18. The zero-order valence-electron chi connectivity index (χ0n) is 5.92. The normalized spacial score (nSPS) is 45.8. The van der Waals surface area contributed by atoms with Crippen LogP contribution in [0.25, 0.3) is 0 Å². The van der Waals surface area contributed by atoms with Crippen LogP contribution in [0.4, 0.5) is 0 Å². The van der Waals surface area contributed by atoms with Crippen molar-refractivity contribution in [2.45, 2.75) is 23.6 Å². The van der Waals surface area contributed by atoms with Gasteiger partial charge in [-0.15, -0.1) is 0 Å². The quantitative estimate of drug-likeness (QED) is 0.382. The maximum Gasteiger partial charge on any atom is 0.108 e. The molecule has 1 aliphatic heterocycles. The molecule has 0 saturated carbocycles. The Bertz CT molecular complexity index is 130. The molecule has 0 aromatic rings. The molecule has 0 bridgehead atoms. The molecule has 0 unspecified atom stereocenters. The largest absolute Gasteiger partial charge is 0.395 e. The lowest BCUT2D eigenvalue weighted by molar-refractivity contribution is -0.0595. The Morgan fingerprint density at radius 3 is 2.36 bits per heavy atom. The second kappa shape index (κ2) is 3.73. The van der Waals surface area contributed by atoms with E-state index >= 15 is 0 Å². The van der Waals surface area contributed by atoms with Crippen LogP contribution in [-0.4, -0.2) is 56.3 Å². The first kappa shape index (κ1) is 9.28. The monoisotopic (exact) mass is 180 g/mol. The molecule has 1 rings (SSSR count). The Balaban J connectivity index is 2.52. The molecule has 1 fully saturated rings. The minimum Gasteiger partial charge on any atom is -0.395 e. The van der Waals surface area contributed by atoms with Gasteiger partial charge in [0.15, 0.2) is 0 Å². The second-order valence-electron chi connectivity index (χ2n) is 2.60. The first-order valence-electron chi connectivity index (χ1n) is 3.43. The molecule has 1 aliphatic rings. The van der Waals surface area contributed by atoms with Gasteiger partial charge in [-0.2, -0.15) is 11.8 Å². The maximum absolute atomic E-state index is 9.22. The van der Waals surface area contributed by atoms with Crippen LogP contribution in [0, 0.1) is 0 Å². The summed E-state index contributed by atoms with van der Waals surface area (Å²) in [6, 6.07) is 0. The smallest absolute Gasteiger partial charge is 0.108 e. The molecule has 11 heavy (non-hydrogen) atoms. The first-order valence-corrected chi connectivity index (χ1v) is 4.48. The van der Waals surface area contributed by atoms with Gasteiger partial charge in [-0.1, -0.05) is 0 Å². The zero-order chi connectivity index (χ0) is 8.43. The zero-order valence-corrected chi connectivity index (χ0v) is 6.74. The van der Waals surface area contributed by atoms with E-state index in [-0.39, 0.29) is 11.9 Å². The van der Waals surface area contributed by atoms with Crippen LogP contribution >= 0.6 is 11.8 Å². The van der Waals surface area contributed by atoms with E-state index in [1.807, 2.05) is 0 Å². The average Bonchev–Trinajstić information content (AvgIpc) is 2.01. The molecule has 1 saturated heterocycles. The topological polar surface area (TPSA) is 80.9 Å². The molecule has 4 nitrogen and oxygen atoms in total. The van der Waals surface area contributed by atoms with E-state index in [1.54, 1.807) is 0 Å². The van der Waals surface area contributed by atoms with Crippen molar-refractivity contribution < 1.29 is 20.4 Å². The van der Waals surface area contributed by atoms with Gasteiger partial charge in [0, 0.05) is 5.75 Å². The number of thioether (sulfide) groups is 1. The summed E-state index contributed by atoms with van der Waals surface area (Å²) in [6.07, 6.45) is -3.01. The van der Waals surface area contributed by atoms with Gasteiger partial charge in [0.05, 0.1) is 24.1 Å². The van der Waals surface area contributed by atoms with Gasteiger partial charge in [-0.3, -0.25) is 0 Å². The Morgan fingerprint density at radius 1 is 1.18 bits per heavy atom. The molecule has 0 aromatic carbocycles. The highest BCUT2D eigenvalue weighted by Crippen LogP contribution is 2.25. The molecule has 5 heteroatoms. The Morgan fingerprint density at radius 2 is 1.82 bits per heavy atom. The van der Waals surface area contributed by atoms with Gasteiger partial charge in [0.25, 0.3) is 0 Å². The van der Waals surface area contributed by atoms with Crippen LogP contribution in [0.1, 0.15) is 0 Å². The van der Waals surface area contributed by atoms with E-state index in [1.165, 1.54) is 11.8 Å². The summed E-state index contributed by atoms with van der Waals surface area (Å²) < 4.78 is 0.